The van der Waals surface area contributed by atoms with Gasteiger partial charge in [-0.2, -0.15) is 0 Å². The lowest BCUT2D eigenvalue weighted by Crippen LogP contribution is -2.20. The lowest BCUT2D eigenvalue weighted by molar-refractivity contribution is -0.742. The molecule has 0 radical (unpaired) electrons. The molecule has 0 aliphatic carbocycles. The maximum Gasteiger partial charge on any atom is 0.296 e. The molecule has 1 aromatic rings. The second kappa shape index (κ2) is 6.47. The topological polar surface area (TPSA) is 189 Å². The van der Waals surface area contributed by atoms with Crippen molar-refractivity contribution >= 4 is 17.3 Å². The molecule has 18 heavy (non-hydrogen) atoms. The van der Waals surface area contributed by atoms with Gasteiger partial charge in [0.2, 0.25) is 0 Å². The first-order valence-electron chi connectivity index (χ1n) is 4.15. The van der Waals surface area contributed by atoms with Gasteiger partial charge in [-0.25, -0.2) is 0 Å². The van der Waals surface area contributed by atoms with Crippen molar-refractivity contribution in [1.29, 1.82) is 5.41 Å². The van der Waals surface area contributed by atoms with Gasteiger partial charge in [-0.1, -0.05) is 0 Å². The number of anilines is 1. The molecule has 1 aromatic carbocycles. The zero-order valence-electron chi connectivity index (χ0n) is 8.73. The van der Waals surface area contributed by atoms with E-state index in [-0.39, 0.29) is 17.1 Å². The number of nitro benzene ring substituents is 1. The smallest absolute Gasteiger partial charge is 0.296 e. The van der Waals surface area contributed by atoms with Gasteiger partial charge in [-0.15, -0.1) is 10.1 Å². The van der Waals surface area contributed by atoms with Crippen LogP contribution in [-0.4, -0.2) is 26.3 Å². The van der Waals surface area contributed by atoms with Crippen molar-refractivity contribution in [2.45, 2.75) is 0 Å². The summed E-state index contributed by atoms with van der Waals surface area (Å²) in [5.74, 6) is -0.621. The van der Waals surface area contributed by atoms with E-state index in [9.17, 15) is 10.1 Å². The molecule has 0 heterocycles. The van der Waals surface area contributed by atoms with Gasteiger partial charge in [0, 0.05) is 0 Å². The number of nitrogens with two attached hydrogens (primary N) is 1. The number of guanidine groups is 1. The number of hydrogen-bond donors (Lipinski definition) is 5. The predicted octanol–water partition coefficient (Wildman–Crippen LogP) is 0.258. The van der Waals surface area contributed by atoms with Crippen LogP contribution in [0.15, 0.2) is 18.2 Å². The third-order valence-corrected chi connectivity index (χ3v) is 1.45. The Labute approximate surface area is 99.2 Å². The molecule has 0 aliphatic rings. The summed E-state index contributed by atoms with van der Waals surface area (Å²) in [6, 6.07) is 3.51. The number of nitro groups is 1. The lowest BCUT2D eigenvalue weighted by atomic mass is 10.2. The van der Waals surface area contributed by atoms with E-state index in [1.54, 1.807) is 0 Å². The quantitative estimate of drug-likeness (QED) is 0.164. The number of nitrogens with one attached hydrogen (secondary N) is 2. The van der Waals surface area contributed by atoms with Crippen molar-refractivity contribution in [3.8, 4) is 5.75 Å². The molecule has 0 fully saturated rings. The minimum Gasteiger partial charge on any atom is -0.508 e. The van der Waals surface area contributed by atoms with E-state index in [0.29, 0.717) is 0 Å². The van der Waals surface area contributed by atoms with Crippen molar-refractivity contribution in [1.82, 2.24) is 0 Å². The van der Waals surface area contributed by atoms with Crippen LogP contribution in [0.25, 0.3) is 0 Å². The molecule has 0 saturated carbocycles. The molecule has 6 N–H and O–H groups in total. The van der Waals surface area contributed by atoms with Crippen LogP contribution in [0.1, 0.15) is 0 Å². The molecule has 0 aromatic heterocycles. The summed E-state index contributed by atoms with van der Waals surface area (Å²) in [7, 11) is 0. The molecule has 0 atom stereocenters. The predicted molar refractivity (Wildman–Crippen MR) is 59.1 cm³/mol. The molecule has 11 heteroatoms. The Morgan fingerprint density at radius 1 is 1.39 bits per heavy atom. The van der Waals surface area contributed by atoms with E-state index < -0.39 is 16.0 Å². The van der Waals surface area contributed by atoms with Gasteiger partial charge in [-0.05, 0) is 12.1 Å². The number of nitrogens with zero attached hydrogens (tertiary/aromatic N) is 2. The summed E-state index contributed by atoms with van der Waals surface area (Å²) in [6.45, 7) is 0. The van der Waals surface area contributed by atoms with Gasteiger partial charge in [0.15, 0.2) is 5.96 Å². The summed E-state index contributed by atoms with van der Waals surface area (Å²) in [5, 5.41) is 42.3. The van der Waals surface area contributed by atoms with Crippen LogP contribution in [-0.2, 0) is 0 Å². The Hall–Kier alpha value is -3.11. The minimum absolute atomic E-state index is 0.0697. The second-order valence-corrected chi connectivity index (χ2v) is 2.74. The standard InChI is InChI=1S/C7H8N4O3.HNO3/c8-7(9)10-5-2-1-4(12)3-6(5)11(13)14;2-1(3)4/h1-3,12H,(H4,8,9,10);(H,2,3,4). The highest BCUT2D eigenvalue weighted by Crippen LogP contribution is 2.27. The molecule has 0 amide bonds. The highest BCUT2D eigenvalue weighted by atomic mass is 16.9. The Balaban J connectivity index is 0.000000631. The molecule has 0 aliphatic heterocycles. The Kier molecular flexibility index (Phi) is 5.35. The van der Waals surface area contributed by atoms with Gasteiger partial charge < -0.3 is 21.4 Å². The van der Waals surface area contributed by atoms with Crippen LogP contribution in [0, 0.1) is 25.6 Å². The van der Waals surface area contributed by atoms with E-state index in [0.717, 1.165) is 6.07 Å². The molecular weight excluding hydrogens is 250 g/mol. The zero-order chi connectivity index (χ0) is 14.3. The van der Waals surface area contributed by atoms with E-state index in [1.807, 2.05) is 0 Å². The van der Waals surface area contributed by atoms with Crippen LogP contribution in [0.5, 0.6) is 5.75 Å². The maximum absolute atomic E-state index is 10.5. The number of benzene rings is 1. The molecule has 0 unspecified atom stereocenters. The number of phenolic OH excluding ortho intramolecular Hbond substituents is 1. The fourth-order valence-electron chi connectivity index (χ4n) is 0.922. The molecule has 1 rings (SSSR count). The third kappa shape index (κ3) is 5.69. The van der Waals surface area contributed by atoms with Crippen molar-refractivity contribution in [2.75, 3.05) is 5.32 Å². The van der Waals surface area contributed by atoms with E-state index in [4.69, 9.17) is 31.6 Å². The lowest BCUT2D eigenvalue weighted by Gasteiger charge is -2.04. The van der Waals surface area contributed by atoms with Crippen LogP contribution >= 0.6 is 0 Å². The SMILES string of the molecule is N=C(N)Nc1ccc(O)cc1[N+](=O)[O-].O=[N+]([O-])O. The highest BCUT2D eigenvalue weighted by molar-refractivity contribution is 5.92. The number of phenols is 1. The Bertz CT molecular complexity index is 471. The third-order valence-electron chi connectivity index (χ3n) is 1.45. The van der Waals surface area contributed by atoms with E-state index >= 15 is 0 Å². The Morgan fingerprint density at radius 2 is 1.89 bits per heavy atom. The number of rotatable bonds is 2. The van der Waals surface area contributed by atoms with Gasteiger partial charge in [-0.3, -0.25) is 15.5 Å². The minimum atomic E-state index is -1.50. The molecule has 98 valence electrons. The normalized spacial score (nSPS) is 8.67. The number of aromatic hydroxyl groups is 1. The van der Waals surface area contributed by atoms with Gasteiger partial charge in [0.05, 0.1) is 11.0 Å². The first-order chi connectivity index (χ1) is 8.23. The summed E-state index contributed by atoms with van der Waals surface area (Å²) in [4.78, 5) is 18.2. The summed E-state index contributed by atoms with van der Waals surface area (Å²) < 4.78 is 0. The molecule has 11 nitrogen and oxygen atoms in total. The van der Waals surface area contributed by atoms with Gasteiger partial charge in [0.25, 0.3) is 10.8 Å². The fraction of sp³-hybridized carbons (Fsp3) is 0. The molecule has 0 saturated heterocycles. The Morgan fingerprint density at radius 3 is 2.28 bits per heavy atom. The number of hydrogen-bond acceptors (Lipinski definition) is 6. The van der Waals surface area contributed by atoms with Crippen molar-refractivity contribution in [3.05, 3.63) is 38.4 Å². The first kappa shape index (κ1) is 14.9. The molecule has 0 spiro atoms. The summed E-state index contributed by atoms with van der Waals surface area (Å²) in [5.41, 5.74) is 4.76. The maximum atomic E-state index is 10.5. The van der Waals surface area contributed by atoms with Crippen LogP contribution in [0.2, 0.25) is 0 Å². The van der Waals surface area contributed by atoms with E-state index in [2.05, 4.69) is 5.32 Å². The fourth-order valence-corrected chi connectivity index (χ4v) is 0.922. The van der Waals surface area contributed by atoms with Gasteiger partial charge >= 0.3 is 0 Å². The van der Waals surface area contributed by atoms with Crippen LogP contribution < -0.4 is 11.1 Å². The summed E-state index contributed by atoms with van der Waals surface area (Å²) in [6.07, 6.45) is 0. The van der Waals surface area contributed by atoms with E-state index in [1.165, 1.54) is 12.1 Å². The van der Waals surface area contributed by atoms with Gasteiger partial charge in [0.1, 0.15) is 11.4 Å². The van der Waals surface area contributed by atoms with Crippen molar-refractivity contribution < 1.29 is 20.3 Å². The monoisotopic (exact) mass is 259 g/mol. The zero-order valence-corrected chi connectivity index (χ0v) is 8.73. The second-order valence-electron chi connectivity index (χ2n) is 2.74. The average Bonchev–Trinajstić information content (AvgIpc) is 2.18. The van der Waals surface area contributed by atoms with Crippen LogP contribution in [0.4, 0.5) is 11.4 Å². The summed E-state index contributed by atoms with van der Waals surface area (Å²) >= 11 is 0. The van der Waals surface area contributed by atoms with Crippen LogP contribution in [0.3, 0.4) is 0 Å². The van der Waals surface area contributed by atoms with Crippen molar-refractivity contribution in [3.63, 3.8) is 0 Å². The molecule has 0 bridgehead atoms. The average molecular weight is 259 g/mol. The first-order valence-corrected chi connectivity index (χ1v) is 4.15. The largest absolute Gasteiger partial charge is 0.508 e. The van der Waals surface area contributed by atoms with Crippen molar-refractivity contribution in [2.24, 2.45) is 5.73 Å². The highest BCUT2D eigenvalue weighted by Gasteiger charge is 2.14. The molecular formula is C7H9N5O6.